The molecule has 0 bridgehead atoms. The van der Waals surface area contributed by atoms with Gasteiger partial charge >= 0.3 is 0 Å². The van der Waals surface area contributed by atoms with Gasteiger partial charge in [-0.3, -0.25) is 4.90 Å². The van der Waals surface area contributed by atoms with E-state index in [1.807, 2.05) is 6.07 Å². The van der Waals surface area contributed by atoms with Crippen LogP contribution in [0.15, 0.2) is 18.2 Å². The first kappa shape index (κ1) is 14.0. The van der Waals surface area contributed by atoms with Crippen LogP contribution in [0, 0.1) is 17.7 Å². The smallest absolute Gasteiger partial charge is 0.124 e. The van der Waals surface area contributed by atoms with E-state index >= 15 is 0 Å². The Morgan fingerprint density at radius 3 is 2.79 bits per heavy atom. The van der Waals surface area contributed by atoms with Gasteiger partial charge in [-0.25, -0.2) is 4.39 Å². The van der Waals surface area contributed by atoms with Crippen molar-refractivity contribution in [2.75, 3.05) is 13.6 Å². The number of rotatable bonds is 3. The zero-order valence-corrected chi connectivity index (χ0v) is 11.5. The van der Waals surface area contributed by atoms with Gasteiger partial charge in [0, 0.05) is 18.2 Å². The topological polar surface area (TPSA) is 29.3 Å². The molecule has 0 amide bonds. The van der Waals surface area contributed by atoms with Crippen LogP contribution >= 0.6 is 0 Å². The molecule has 0 saturated heterocycles. The lowest BCUT2D eigenvalue weighted by Gasteiger charge is -2.24. The van der Waals surface area contributed by atoms with Crippen molar-refractivity contribution < 1.29 is 4.39 Å². The number of nitrogens with zero attached hydrogens (tertiary/aromatic N) is 1. The molecule has 0 spiro atoms. The van der Waals surface area contributed by atoms with E-state index in [0.29, 0.717) is 12.6 Å². The summed E-state index contributed by atoms with van der Waals surface area (Å²) in [5, 5.41) is 0. The van der Waals surface area contributed by atoms with E-state index in [4.69, 9.17) is 5.73 Å². The van der Waals surface area contributed by atoms with E-state index in [0.717, 1.165) is 17.7 Å². The highest BCUT2D eigenvalue weighted by Crippen LogP contribution is 2.24. The van der Waals surface area contributed by atoms with E-state index in [1.165, 1.54) is 37.8 Å². The normalized spacial score (nSPS) is 15.6. The van der Waals surface area contributed by atoms with Crippen LogP contribution in [0.25, 0.3) is 0 Å². The summed E-state index contributed by atoms with van der Waals surface area (Å²) < 4.78 is 13.3. The summed E-state index contributed by atoms with van der Waals surface area (Å²) in [6.07, 6.45) is 5.17. The Bertz CT molecular complexity index is 481. The van der Waals surface area contributed by atoms with Gasteiger partial charge in [0.05, 0.1) is 6.54 Å². The van der Waals surface area contributed by atoms with Crippen LogP contribution in [0.4, 0.5) is 4.39 Å². The molecule has 2 rings (SSSR count). The van der Waals surface area contributed by atoms with Crippen LogP contribution in [0.5, 0.6) is 0 Å². The molecule has 0 unspecified atom stereocenters. The van der Waals surface area contributed by atoms with Gasteiger partial charge in [0.25, 0.3) is 0 Å². The Balaban J connectivity index is 2.14. The fraction of sp³-hybridized carbons (Fsp3) is 0.500. The maximum atomic E-state index is 13.3. The van der Waals surface area contributed by atoms with E-state index in [2.05, 4.69) is 23.8 Å². The minimum absolute atomic E-state index is 0.242. The SMILES string of the molecule is CN(Cc1ccc(F)cc1C#CCN)C1CCCC1. The number of benzene rings is 1. The highest BCUT2D eigenvalue weighted by molar-refractivity contribution is 5.41. The molecule has 102 valence electrons. The molecule has 0 atom stereocenters. The molecule has 1 aromatic rings. The van der Waals surface area contributed by atoms with Crippen LogP contribution < -0.4 is 5.73 Å². The summed E-state index contributed by atoms with van der Waals surface area (Å²) in [5.74, 6) is 5.53. The Morgan fingerprint density at radius 1 is 1.37 bits per heavy atom. The van der Waals surface area contributed by atoms with Gasteiger partial charge < -0.3 is 5.73 Å². The molecule has 2 N–H and O–H groups in total. The second kappa shape index (κ2) is 6.70. The molecule has 1 aliphatic carbocycles. The minimum Gasteiger partial charge on any atom is -0.320 e. The first-order chi connectivity index (χ1) is 9.20. The fourth-order valence-electron chi connectivity index (χ4n) is 2.69. The molecule has 0 aliphatic heterocycles. The van der Waals surface area contributed by atoms with E-state index in [-0.39, 0.29) is 5.82 Å². The fourth-order valence-corrected chi connectivity index (χ4v) is 2.69. The largest absolute Gasteiger partial charge is 0.320 e. The molecule has 1 aromatic carbocycles. The summed E-state index contributed by atoms with van der Waals surface area (Å²) in [7, 11) is 2.14. The monoisotopic (exact) mass is 260 g/mol. The van der Waals surface area contributed by atoms with Crippen molar-refractivity contribution in [2.24, 2.45) is 5.73 Å². The molecule has 1 fully saturated rings. The Morgan fingerprint density at radius 2 is 2.11 bits per heavy atom. The predicted octanol–water partition coefficient (Wildman–Crippen LogP) is 2.51. The van der Waals surface area contributed by atoms with E-state index in [1.54, 1.807) is 0 Å². The van der Waals surface area contributed by atoms with Gasteiger partial charge in [-0.15, -0.1) is 0 Å². The second-order valence-electron chi connectivity index (χ2n) is 5.16. The first-order valence-corrected chi connectivity index (χ1v) is 6.88. The molecule has 0 radical (unpaired) electrons. The third-order valence-corrected chi connectivity index (χ3v) is 3.76. The second-order valence-corrected chi connectivity index (χ2v) is 5.16. The zero-order valence-electron chi connectivity index (χ0n) is 11.5. The highest BCUT2D eigenvalue weighted by atomic mass is 19.1. The van der Waals surface area contributed by atoms with Gasteiger partial charge in [-0.05, 0) is 37.6 Å². The third kappa shape index (κ3) is 3.79. The molecular weight excluding hydrogens is 239 g/mol. The van der Waals surface area contributed by atoms with Crippen molar-refractivity contribution in [1.29, 1.82) is 0 Å². The van der Waals surface area contributed by atoms with Crippen LogP contribution in [0.1, 0.15) is 36.8 Å². The minimum atomic E-state index is -0.242. The van der Waals surface area contributed by atoms with Gasteiger partial charge in [0.15, 0.2) is 0 Å². The molecular formula is C16H21FN2. The molecule has 2 nitrogen and oxygen atoms in total. The maximum Gasteiger partial charge on any atom is 0.124 e. The number of halogens is 1. The molecule has 1 saturated carbocycles. The number of nitrogens with two attached hydrogens (primary N) is 1. The summed E-state index contributed by atoms with van der Waals surface area (Å²) in [5.41, 5.74) is 7.23. The molecule has 0 aromatic heterocycles. The molecule has 1 aliphatic rings. The third-order valence-electron chi connectivity index (χ3n) is 3.76. The highest BCUT2D eigenvalue weighted by Gasteiger charge is 2.20. The van der Waals surface area contributed by atoms with Crippen molar-refractivity contribution in [3.05, 3.63) is 35.1 Å². The van der Waals surface area contributed by atoms with Crippen LogP contribution in [0.3, 0.4) is 0 Å². The van der Waals surface area contributed by atoms with Crippen LogP contribution in [-0.2, 0) is 6.54 Å². The lowest BCUT2D eigenvalue weighted by molar-refractivity contribution is 0.237. The van der Waals surface area contributed by atoms with Gasteiger partial charge in [0.1, 0.15) is 5.82 Å². The molecule has 19 heavy (non-hydrogen) atoms. The van der Waals surface area contributed by atoms with Gasteiger partial charge in [-0.2, -0.15) is 0 Å². The summed E-state index contributed by atoms with van der Waals surface area (Å²) in [6, 6.07) is 5.49. The zero-order chi connectivity index (χ0) is 13.7. The quantitative estimate of drug-likeness (QED) is 0.846. The van der Waals surface area contributed by atoms with Crippen LogP contribution in [0.2, 0.25) is 0 Å². The maximum absolute atomic E-state index is 13.3. The Hall–Kier alpha value is -1.37. The average Bonchev–Trinajstić information content (AvgIpc) is 2.93. The summed E-state index contributed by atoms with van der Waals surface area (Å²) in [4.78, 5) is 2.36. The predicted molar refractivity (Wildman–Crippen MR) is 76.1 cm³/mol. The standard InChI is InChI=1S/C16H21FN2/c1-19(16-6-2-3-7-16)12-14-8-9-15(17)11-13(14)5-4-10-18/h8-9,11,16H,2-3,6-7,10,12,18H2,1H3. The van der Waals surface area contributed by atoms with Gasteiger partial charge in [0.2, 0.25) is 0 Å². The molecule has 3 heteroatoms. The lowest BCUT2D eigenvalue weighted by Crippen LogP contribution is -2.28. The van der Waals surface area contributed by atoms with Gasteiger partial charge in [-0.1, -0.05) is 30.7 Å². The molecule has 0 heterocycles. The summed E-state index contributed by atoms with van der Waals surface area (Å²) >= 11 is 0. The van der Waals surface area contributed by atoms with E-state index < -0.39 is 0 Å². The van der Waals surface area contributed by atoms with Crippen molar-refractivity contribution in [2.45, 2.75) is 38.3 Å². The van der Waals surface area contributed by atoms with Crippen molar-refractivity contribution in [3.63, 3.8) is 0 Å². The van der Waals surface area contributed by atoms with Crippen molar-refractivity contribution >= 4 is 0 Å². The summed E-state index contributed by atoms with van der Waals surface area (Å²) in [6.45, 7) is 1.12. The first-order valence-electron chi connectivity index (χ1n) is 6.88. The average molecular weight is 260 g/mol. The number of hydrogen-bond donors (Lipinski definition) is 1. The lowest BCUT2D eigenvalue weighted by atomic mass is 10.1. The number of hydrogen-bond acceptors (Lipinski definition) is 2. The van der Waals surface area contributed by atoms with E-state index in [9.17, 15) is 4.39 Å². The van der Waals surface area contributed by atoms with Crippen LogP contribution in [-0.4, -0.2) is 24.5 Å². The van der Waals surface area contributed by atoms with Crippen molar-refractivity contribution in [1.82, 2.24) is 4.90 Å². The Labute approximate surface area is 114 Å². The Kier molecular flexibility index (Phi) is 4.95. The van der Waals surface area contributed by atoms with Crippen molar-refractivity contribution in [3.8, 4) is 11.8 Å².